The van der Waals surface area contributed by atoms with E-state index in [4.69, 9.17) is 9.26 Å². The number of ether oxygens (including phenoxy) is 1. The van der Waals surface area contributed by atoms with Crippen LogP contribution in [0, 0.1) is 12.8 Å². The number of aryl methyl sites for hydroxylation is 1. The summed E-state index contributed by atoms with van der Waals surface area (Å²) in [6, 6.07) is 15.9. The van der Waals surface area contributed by atoms with Crippen molar-refractivity contribution in [3.8, 4) is 17.1 Å². The number of piperidine rings is 1. The second-order valence-electron chi connectivity index (χ2n) is 8.23. The molecule has 4 rings (SSSR count). The Balaban J connectivity index is 1.24. The van der Waals surface area contributed by atoms with Crippen LogP contribution in [-0.4, -0.2) is 40.6 Å². The van der Waals surface area contributed by atoms with Gasteiger partial charge in [0.15, 0.2) is 0 Å². The highest BCUT2D eigenvalue weighted by Crippen LogP contribution is 2.21. The van der Waals surface area contributed by atoms with Crippen molar-refractivity contribution >= 4 is 5.91 Å². The van der Waals surface area contributed by atoms with Gasteiger partial charge in [-0.3, -0.25) is 9.69 Å². The number of nitrogens with one attached hydrogen (secondary N) is 1. The van der Waals surface area contributed by atoms with Crippen LogP contribution in [0.4, 0.5) is 0 Å². The molecule has 0 aliphatic carbocycles. The first kappa shape index (κ1) is 22.0. The zero-order valence-electron chi connectivity index (χ0n) is 18.7. The molecule has 0 atom stereocenters. The van der Waals surface area contributed by atoms with Gasteiger partial charge in [-0.05, 0) is 63.5 Å². The quantitative estimate of drug-likeness (QED) is 0.578. The van der Waals surface area contributed by atoms with E-state index in [0.29, 0.717) is 31.4 Å². The highest BCUT2D eigenvalue weighted by atomic mass is 16.5. The second-order valence-corrected chi connectivity index (χ2v) is 8.23. The molecule has 2 aromatic carbocycles. The van der Waals surface area contributed by atoms with Crippen molar-refractivity contribution < 1.29 is 14.1 Å². The normalized spacial score (nSPS) is 14.9. The molecule has 1 saturated heterocycles. The molecular formula is C25H30N4O3. The molecule has 1 aliphatic heterocycles. The average molecular weight is 435 g/mol. The summed E-state index contributed by atoms with van der Waals surface area (Å²) < 4.78 is 11.0. The van der Waals surface area contributed by atoms with Crippen molar-refractivity contribution in [1.29, 1.82) is 0 Å². The number of benzene rings is 2. The minimum Gasteiger partial charge on any atom is -0.494 e. The number of carbonyl (C=O) groups is 1. The fraction of sp³-hybridized carbons (Fsp3) is 0.400. The lowest BCUT2D eigenvalue weighted by molar-refractivity contribution is -0.126. The van der Waals surface area contributed by atoms with Crippen molar-refractivity contribution in [3.63, 3.8) is 0 Å². The molecule has 0 saturated carbocycles. The van der Waals surface area contributed by atoms with Gasteiger partial charge in [-0.15, -0.1) is 0 Å². The first-order valence-corrected chi connectivity index (χ1v) is 11.2. The van der Waals surface area contributed by atoms with Crippen LogP contribution in [0.5, 0.6) is 5.75 Å². The Morgan fingerprint density at radius 3 is 2.78 bits per heavy atom. The van der Waals surface area contributed by atoms with E-state index < -0.39 is 0 Å². The van der Waals surface area contributed by atoms with Gasteiger partial charge in [0, 0.05) is 18.0 Å². The van der Waals surface area contributed by atoms with Crippen molar-refractivity contribution in [1.82, 2.24) is 20.4 Å². The summed E-state index contributed by atoms with van der Waals surface area (Å²) in [6.07, 6.45) is 1.65. The topological polar surface area (TPSA) is 80.5 Å². The summed E-state index contributed by atoms with van der Waals surface area (Å²) >= 11 is 0. The molecule has 168 valence electrons. The van der Waals surface area contributed by atoms with Crippen LogP contribution >= 0.6 is 0 Å². The lowest BCUT2D eigenvalue weighted by Crippen LogP contribution is -2.40. The number of carbonyl (C=O) groups excluding carboxylic acids is 1. The first-order valence-electron chi connectivity index (χ1n) is 11.2. The molecule has 1 fully saturated rings. The highest BCUT2D eigenvalue weighted by Gasteiger charge is 2.26. The number of rotatable bonds is 8. The van der Waals surface area contributed by atoms with Crippen molar-refractivity contribution in [2.45, 2.75) is 39.8 Å². The highest BCUT2D eigenvalue weighted by molar-refractivity contribution is 5.78. The molecule has 3 aromatic rings. The molecule has 32 heavy (non-hydrogen) atoms. The Morgan fingerprint density at radius 1 is 1.19 bits per heavy atom. The summed E-state index contributed by atoms with van der Waals surface area (Å²) in [7, 11) is 0. The van der Waals surface area contributed by atoms with Crippen molar-refractivity contribution in [3.05, 3.63) is 65.5 Å². The number of nitrogens with zero attached hydrogens (tertiary/aromatic N) is 3. The van der Waals surface area contributed by atoms with E-state index >= 15 is 0 Å². The van der Waals surface area contributed by atoms with Gasteiger partial charge in [0.05, 0.1) is 13.2 Å². The van der Waals surface area contributed by atoms with E-state index in [1.807, 2.05) is 62.4 Å². The SMILES string of the molecule is CCOc1cccc(CNC(=O)C2CCN(Cc3nc(-c4cccc(C)c4)no3)CC2)c1. The van der Waals surface area contributed by atoms with Crippen molar-refractivity contribution in [2.24, 2.45) is 5.92 Å². The predicted octanol–water partition coefficient (Wildman–Crippen LogP) is 3.97. The molecule has 1 amide bonds. The predicted molar refractivity (Wildman–Crippen MR) is 122 cm³/mol. The van der Waals surface area contributed by atoms with Crippen LogP contribution in [-0.2, 0) is 17.9 Å². The van der Waals surface area contributed by atoms with Crippen LogP contribution in [0.15, 0.2) is 53.1 Å². The third-order valence-corrected chi connectivity index (χ3v) is 5.74. The molecule has 0 bridgehead atoms. The zero-order valence-corrected chi connectivity index (χ0v) is 18.7. The number of aromatic nitrogens is 2. The largest absolute Gasteiger partial charge is 0.494 e. The number of amides is 1. The van der Waals surface area contributed by atoms with Crippen molar-refractivity contribution in [2.75, 3.05) is 19.7 Å². The Hall–Kier alpha value is -3.19. The fourth-order valence-electron chi connectivity index (χ4n) is 4.01. The standard InChI is InChI=1S/C25H30N4O3/c1-3-31-22-9-5-7-19(15-22)16-26-25(30)20-10-12-29(13-11-20)17-23-27-24(28-32-23)21-8-4-6-18(2)14-21/h4-9,14-15,20H,3,10-13,16-17H2,1-2H3,(H,26,30). The molecule has 0 unspecified atom stereocenters. The number of hydrogen-bond donors (Lipinski definition) is 1. The zero-order chi connectivity index (χ0) is 22.3. The van der Waals surface area contributed by atoms with Crippen LogP contribution in [0.25, 0.3) is 11.4 Å². The summed E-state index contributed by atoms with van der Waals surface area (Å²) in [6.45, 7) is 7.43. The van der Waals surface area contributed by atoms with Gasteiger partial charge < -0.3 is 14.6 Å². The maximum atomic E-state index is 12.6. The molecule has 2 heterocycles. The molecule has 1 aliphatic rings. The average Bonchev–Trinajstić information content (AvgIpc) is 3.27. The summed E-state index contributed by atoms with van der Waals surface area (Å²) in [5, 5.41) is 7.20. The fourth-order valence-corrected chi connectivity index (χ4v) is 4.01. The summed E-state index contributed by atoms with van der Waals surface area (Å²) in [5.74, 6) is 2.21. The van der Waals surface area contributed by atoms with Gasteiger partial charge in [-0.1, -0.05) is 41.1 Å². The maximum Gasteiger partial charge on any atom is 0.241 e. The Labute approximate surface area is 188 Å². The molecule has 1 N–H and O–H groups in total. The maximum absolute atomic E-state index is 12.6. The Morgan fingerprint density at radius 2 is 2.00 bits per heavy atom. The van der Waals surface area contributed by atoms with E-state index in [2.05, 4.69) is 20.4 Å². The Bertz CT molecular complexity index is 1040. The van der Waals surface area contributed by atoms with E-state index in [1.54, 1.807) is 0 Å². The third-order valence-electron chi connectivity index (χ3n) is 5.74. The van der Waals surface area contributed by atoms with E-state index in [-0.39, 0.29) is 11.8 Å². The van der Waals surface area contributed by atoms with Gasteiger partial charge in [0.25, 0.3) is 0 Å². The molecular weight excluding hydrogens is 404 g/mol. The van der Waals surface area contributed by atoms with Gasteiger partial charge in [-0.2, -0.15) is 4.98 Å². The van der Waals surface area contributed by atoms with E-state index in [1.165, 1.54) is 0 Å². The number of likely N-dealkylation sites (tertiary alicyclic amines) is 1. The van der Waals surface area contributed by atoms with Crippen LogP contribution in [0.2, 0.25) is 0 Å². The summed E-state index contributed by atoms with van der Waals surface area (Å²) in [5.41, 5.74) is 3.17. The lowest BCUT2D eigenvalue weighted by atomic mass is 9.96. The van der Waals surface area contributed by atoms with E-state index in [9.17, 15) is 4.79 Å². The molecule has 1 aromatic heterocycles. The second kappa shape index (κ2) is 10.4. The van der Waals surface area contributed by atoms with Crippen LogP contribution in [0.3, 0.4) is 0 Å². The minimum atomic E-state index is 0.0341. The van der Waals surface area contributed by atoms with E-state index in [0.717, 1.165) is 48.4 Å². The summed E-state index contributed by atoms with van der Waals surface area (Å²) in [4.78, 5) is 19.4. The van der Waals surface area contributed by atoms with Crippen LogP contribution in [0.1, 0.15) is 36.8 Å². The van der Waals surface area contributed by atoms with Crippen LogP contribution < -0.4 is 10.1 Å². The van der Waals surface area contributed by atoms with Gasteiger partial charge >= 0.3 is 0 Å². The smallest absolute Gasteiger partial charge is 0.241 e. The monoisotopic (exact) mass is 434 g/mol. The van der Waals surface area contributed by atoms with Gasteiger partial charge in [-0.25, -0.2) is 0 Å². The third kappa shape index (κ3) is 5.73. The first-order chi connectivity index (χ1) is 15.6. The molecule has 7 heteroatoms. The number of hydrogen-bond acceptors (Lipinski definition) is 6. The minimum absolute atomic E-state index is 0.0341. The van der Waals surface area contributed by atoms with Gasteiger partial charge in [0.1, 0.15) is 5.75 Å². The van der Waals surface area contributed by atoms with Gasteiger partial charge in [0.2, 0.25) is 17.6 Å². The molecule has 0 spiro atoms. The molecule has 7 nitrogen and oxygen atoms in total. The lowest BCUT2D eigenvalue weighted by Gasteiger charge is -2.30. The molecule has 0 radical (unpaired) electrons. The Kier molecular flexibility index (Phi) is 7.17.